The van der Waals surface area contributed by atoms with E-state index in [1.165, 1.54) is 12.8 Å². The number of aromatic nitrogens is 1. The first kappa shape index (κ1) is 21.3. The second-order valence-electron chi connectivity index (χ2n) is 7.79. The third-order valence-corrected chi connectivity index (χ3v) is 6.85. The molecule has 0 atom stereocenters. The number of unbranched alkanes of at least 4 members (excludes halogenated alkanes) is 2. The number of anilines is 2. The van der Waals surface area contributed by atoms with E-state index >= 15 is 0 Å². The maximum Gasteiger partial charge on any atom is 0.263 e. The quantitative estimate of drug-likeness (QED) is 0.613. The maximum atomic E-state index is 12.2. The van der Waals surface area contributed by atoms with E-state index < -0.39 is 10.0 Å². The van der Waals surface area contributed by atoms with Crippen LogP contribution in [0.25, 0.3) is 0 Å². The zero-order valence-electron chi connectivity index (χ0n) is 17.4. The molecule has 0 unspecified atom stereocenters. The van der Waals surface area contributed by atoms with E-state index in [1.54, 1.807) is 30.5 Å². The molecule has 31 heavy (non-hydrogen) atoms. The lowest BCUT2D eigenvalue weighted by molar-refractivity contribution is -0.116. The number of hydrogen-bond acceptors (Lipinski definition) is 6. The van der Waals surface area contributed by atoms with Crippen molar-refractivity contribution >= 4 is 33.3 Å². The number of rotatable bonds is 8. The van der Waals surface area contributed by atoms with Crippen molar-refractivity contribution in [3.05, 3.63) is 48.2 Å². The topological polar surface area (TPSA) is 104 Å². The molecule has 0 bridgehead atoms. The van der Waals surface area contributed by atoms with Crippen molar-refractivity contribution in [2.45, 2.75) is 43.4 Å². The molecule has 2 aromatic rings. The van der Waals surface area contributed by atoms with Crippen molar-refractivity contribution in [2.24, 2.45) is 4.99 Å². The van der Waals surface area contributed by atoms with Gasteiger partial charge in [-0.15, -0.1) is 0 Å². The summed E-state index contributed by atoms with van der Waals surface area (Å²) < 4.78 is 26.6. The third kappa shape index (κ3) is 5.22. The average molecular weight is 442 g/mol. The van der Waals surface area contributed by atoms with Crippen LogP contribution in [0.5, 0.6) is 0 Å². The van der Waals surface area contributed by atoms with Crippen LogP contribution in [0.1, 0.15) is 44.1 Å². The van der Waals surface area contributed by atoms with Gasteiger partial charge in [-0.25, -0.2) is 13.4 Å². The molecule has 0 spiro atoms. The number of sulfonamides is 1. The van der Waals surface area contributed by atoms with Gasteiger partial charge < -0.3 is 10.2 Å². The van der Waals surface area contributed by atoms with E-state index in [9.17, 15) is 13.2 Å². The Bertz CT molecular complexity index is 1060. The van der Waals surface area contributed by atoms with Crippen molar-refractivity contribution in [1.82, 2.24) is 9.71 Å². The molecule has 2 N–H and O–H groups in total. The minimum Gasteiger partial charge on any atom is -0.357 e. The standard InChI is InChI=1S/C22H27N5O3S/c28-21(25-17-11-12-20(24-16-17)27-14-6-7-15-27)10-2-1-5-13-23-22-18-8-3-4-9-19(18)31(29,30)26-22/h3-4,8-9,11-12,16H,1-2,5-7,10,13-15H2,(H,23,26)(H,25,28). The van der Waals surface area contributed by atoms with Gasteiger partial charge in [0.1, 0.15) is 11.7 Å². The predicted molar refractivity (Wildman–Crippen MR) is 121 cm³/mol. The summed E-state index contributed by atoms with van der Waals surface area (Å²) in [5.74, 6) is 1.34. The van der Waals surface area contributed by atoms with Crippen molar-refractivity contribution in [2.75, 3.05) is 29.9 Å². The molecule has 2 aliphatic rings. The number of benzene rings is 1. The number of aliphatic imine (C=N–C) groups is 1. The molecular weight excluding hydrogens is 414 g/mol. The molecule has 0 aliphatic carbocycles. The number of carbonyl (C=O) groups excluding carboxylic acids is 1. The first-order valence-electron chi connectivity index (χ1n) is 10.7. The Morgan fingerprint density at radius 2 is 1.90 bits per heavy atom. The number of carbonyl (C=O) groups is 1. The molecule has 1 fully saturated rings. The predicted octanol–water partition coefficient (Wildman–Crippen LogP) is 2.92. The van der Waals surface area contributed by atoms with E-state index in [1.807, 2.05) is 12.1 Å². The fourth-order valence-electron chi connectivity index (χ4n) is 3.83. The first-order valence-corrected chi connectivity index (χ1v) is 12.2. The normalized spacial score (nSPS) is 18.1. The average Bonchev–Trinajstić information content (AvgIpc) is 3.38. The highest BCUT2D eigenvalue weighted by Gasteiger charge is 2.29. The summed E-state index contributed by atoms with van der Waals surface area (Å²) in [5.41, 5.74) is 1.33. The molecule has 164 valence electrons. The Morgan fingerprint density at radius 1 is 1.10 bits per heavy atom. The first-order chi connectivity index (χ1) is 15.0. The Labute approximate surface area is 182 Å². The van der Waals surface area contributed by atoms with Crippen LogP contribution < -0.4 is 14.9 Å². The third-order valence-electron chi connectivity index (χ3n) is 5.46. The number of amidine groups is 1. The van der Waals surface area contributed by atoms with Gasteiger partial charge in [0.25, 0.3) is 10.0 Å². The number of pyridine rings is 1. The molecule has 0 radical (unpaired) electrons. The molecule has 2 aliphatic heterocycles. The molecule has 1 aromatic heterocycles. The molecule has 1 saturated heterocycles. The van der Waals surface area contributed by atoms with Crippen LogP contribution in [0.4, 0.5) is 11.5 Å². The van der Waals surface area contributed by atoms with Crippen LogP contribution in [0.2, 0.25) is 0 Å². The van der Waals surface area contributed by atoms with E-state index in [0.717, 1.165) is 38.2 Å². The number of nitrogens with one attached hydrogen (secondary N) is 2. The summed E-state index contributed by atoms with van der Waals surface area (Å²) in [5, 5.41) is 2.89. The van der Waals surface area contributed by atoms with Gasteiger partial charge in [-0.3, -0.25) is 14.5 Å². The van der Waals surface area contributed by atoms with Crippen molar-refractivity contribution in [1.29, 1.82) is 0 Å². The van der Waals surface area contributed by atoms with Crippen LogP contribution in [0.3, 0.4) is 0 Å². The largest absolute Gasteiger partial charge is 0.357 e. The number of nitrogens with zero attached hydrogens (tertiary/aromatic N) is 3. The Morgan fingerprint density at radius 3 is 2.68 bits per heavy atom. The van der Waals surface area contributed by atoms with Crippen molar-refractivity contribution in [3.63, 3.8) is 0 Å². The highest BCUT2D eigenvalue weighted by atomic mass is 32.2. The van der Waals surface area contributed by atoms with Gasteiger partial charge in [0.05, 0.1) is 16.8 Å². The Balaban J connectivity index is 1.17. The van der Waals surface area contributed by atoms with Crippen molar-refractivity contribution in [3.8, 4) is 0 Å². The highest BCUT2D eigenvalue weighted by molar-refractivity contribution is 7.90. The Hall–Kier alpha value is -2.94. The monoisotopic (exact) mass is 441 g/mol. The smallest absolute Gasteiger partial charge is 0.263 e. The lowest BCUT2D eigenvalue weighted by Gasteiger charge is -2.16. The lowest BCUT2D eigenvalue weighted by Crippen LogP contribution is -2.22. The summed E-state index contributed by atoms with van der Waals surface area (Å²) in [6.07, 6.45) is 6.92. The SMILES string of the molecule is O=C(CCCCCN=C1NS(=O)(=O)c2ccccc21)Nc1ccc(N2CCCC2)nc1. The fraction of sp³-hybridized carbons (Fsp3) is 0.409. The van der Waals surface area contributed by atoms with E-state index in [2.05, 4.69) is 24.9 Å². The molecule has 1 aromatic carbocycles. The summed E-state index contributed by atoms with van der Waals surface area (Å²) in [6, 6.07) is 10.7. The Kier molecular flexibility index (Phi) is 6.50. The van der Waals surface area contributed by atoms with Crippen LogP contribution in [0.15, 0.2) is 52.5 Å². The summed E-state index contributed by atoms with van der Waals surface area (Å²) >= 11 is 0. The summed E-state index contributed by atoms with van der Waals surface area (Å²) in [4.78, 5) is 23.5. The van der Waals surface area contributed by atoms with Gasteiger partial charge in [0, 0.05) is 31.6 Å². The van der Waals surface area contributed by atoms with Gasteiger partial charge in [0.15, 0.2) is 0 Å². The van der Waals surface area contributed by atoms with Gasteiger partial charge in [-0.2, -0.15) is 0 Å². The van der Waals surface area contributed by atoms with Crippen molar-refractivity contribution < 1.29 is 13.2 Å². The minimum absolute atomic E-state index is 0.0282. The number of fused-ring (bicyclic) bond motifs is 1. The molecule has 1 amide bonds. The lowest BCUT2D eigenvalue weighted by atomic mass is 10.2. The fourth-order valence-corrected chi connectivity index (χ4v) is 5.08. The molecule has 9 heteroatoms. The van der Waals surface area contributed by atoms with Gasteiger partial charge in [0.2, 0.25) is 5.91 Å². The van der Waals surface area contributed by atoms with E-state index in [-0.39, 0.29) is 10.8 Å². The molecule has 8 nitrogen and oxygen atoms in total. The van der Waals surface area contributed by atoms with E-state index in [0.29, 0.717) is 30.1 Å². The number of amides is 1. The summed E-state index contributed by atoms with van der Waals surface area (Å²) in [7, 11) is -3.49. The number of hydrogen-bond donors (Lipinski definition) is 2. The van der Waals surface area contributed by atoms with Gasteiger partial charge in [-0.05, 0) is 49.9 Å². The van der Waals surface area contributed by atoms with Crippen LogP contribution >= 0.6 is 0 Å². The second-order valence-corrected chi connectivity index (χ2v) is 9.44. The zero-order valence-corrected chi connectivity index (χ0v) is 18.2. The molecular formula is C22H27N5O3S. The molecule has 0 saturated carbocycles. The minimum atomic E-state index is -3.49. The van der Waals surface area contributed by atoms with Gasteiger partial charge >= 0.3 is 0 Å². The van der Waals surface area contributed by atoms with E-state index in [4.69, 9.17) is 0 Å². The highest BCUT2D eigenvalue weighted by Crippen LogP contribution is 2.22. The zero-order chi connectivity index (χ0) is 21.7. The van der Waals surface area contributed by atoms with Gasteiger partial charge in [-0.1, -0.05) is 18.6 Å². The summed E-state index contributed by atoms with van der Waals surface area (Å²) in [6.45, 7) is 2.60. The maximum absolute atomic E-state index is 12.2. The van der Waals surface area contributed by atoms with Crippen LogP contribution in [-0.2, 0) is 14.8 Å². The molecule has 3 heterocycles. The second kappa shape index (κ2) is 9.47. The molecule has 4 rings (SSSR count). The van der Waals surface area contributed by atoms with Crippen LogP contribution in [-0.4, -0.2) is 44.8 Å². The van der Waals surface area contributed by atoms with Crippen LogP contribution in [0, 0.1) is 0 Å².